The Morgan fingerprint density at radius 3 is 2.62 bits per heavy atom. The van der Waals surface area contributed by atoms with Gasteiger partial charge in [0.2, 0.25) is 0 Å². The highest BCUT2D eigenvalue weighted by molar-refractivity contribution is 5.98. The van der Waals surface area contributed by atoms with E-state index in [-0.39, 0.29) is 5.78 Å². The molecule has 0 heterocycles. The lowest BCUT2D eigenvalue weighted by Crippen LogP contribution is -1.94. The van der Waals surface area contributed by atoms with Crippen LogP contribution < -0.4 is 4.74 Å². The molecule has 0 spiro atoms. The monoisotopic (exact) mass is 218 g/mol. The summed E-state index contributed by atoms with van der Waals surface area (Å²) in [6.45, 7) is 1.42. The first-order chi connectivity index (χ1) is 7.61. The van der Waals surface area contributed by atoms with Gasteiger partial charge in [-0.2, -0.15) is 0 Å². The van der Waals surface area contributed by atoms with Crippen molar-refractivity contribution < 1.29 is 13.9 Å². The highest BCUT2D eigenvalue weighted by Crippen LogP contribution is 2.24. The Kier molecular flexibility index (Phi) is 2.60. The van der Waals surface area contributed by atoms with Gasteiger partial charge in [-0.05, 0) is 36.6 Å². The SMILES string of the molecule is COc1ccc2cc(C(C)=O)cc(F)c2c1. The molecule has 0 saturated heterocycles. The van der Waals surface area contributed by atoms with Gasteiger partial charge in [-0.25, -0.2) is 4.39 Å². The van der Waals surface area contributed by atoms with E-state index >= 15 is 0 Å². The molecule has 0 aliphatic carbocycles. The zero-order valence-electron chi connectivity index (χ0n) is 9.08. The third-order valence-corrected chi connectivity index (χ3v) is 2.52. The number of ether oxygens (including phenoxy) is 1. The van der Waals surface area contributed by atoms with Crippen LogP contribution in [0.3, 0.4) is 0 Å². The van der Waals surface area contributed by atoms with Crippen molar-refractivity contribution in [2.24, 2.45) is 0 Å². The predicted octanol–water partition coefficient (Wildman–Crippen LogP) is 3.19. The molecule has 0 amide bonds. The maximum Gasteiger partial charge on any atom is 0.159 e. The van der Waals surface area contributed by atoms with Crippen LogP contribution in [0.1, 0.15) is 17.3 Å². The molecule has 3 heteroatoms. The molecule has 0 N–H and O–H groups in total. The average molecular weight is 218 g/mol. The molecular weight excluding hydrogens is 207 g/mol. The first-order valence-electron chi connectivity index (χ1n) is 4.90. The van der Waals surface area contributed by atoms with Crippen LogP contribution >= 0.6 is 0 Å². The summed E-state index contributed by atoms with van der Waals surface area (Å²) >= 11 is 0. The minimum Gasteiger partial charge on any atom is -0.497 e. The van der Waals surface area contributed by atoms with Crippen LogP contribution in [0.5, 0.6) is 5.75 Å². The molecule has 0 saturated carbocycles. The molecule has 0 fully saturated rings. The standard InChI is InChI=1S/C13H11FO2/c1-8(15)10-5-9-3-4-11(16-2)7-12(9)13(14)6-10/h3-7H,1-2H3. The van der Waals surface area contributed by atoms with Gasteiger partial charge in [-0.3, -0.25) is 4.79 Å². The summed E-state index contributed by atoms with van der Waals surface area (Å²) in [5.41, 5.74) is 0.384. The van der Waals surface area contributed by atoms with Gasteiger partial charge in [0.25, 0.3) is 0 Å². The van der Waals surface area contributed by atoms with E-state index in [4.69, 9.17) is 4.74 Å². The summed E-state index contributed by atoms with van der Waals surface area (Å²) < 4.78 is 18.7. The van der Waals surface area contributed by atoms with Crippen molar-refractivity contribution in [2.75, 3.05) is 7.11 Å². The van der Waals surface area contributed by atoms with E-state index in [9.17, 15) is 9.18 Å². The molecule has 0 unspecified atom stereocenters. The largest absolute Gasteiger partial charge is 0.497 e. The smallest absolute Gasteiger partial charge is 0.159 e. The lowest BCUT2D eigenvalue weighted by molar-refractivity contribution is 0.101. The molecule has 2 rings (SSSR count). The van der Waals surface area contributed by atoms with Crippen molar-refractivity contribution in [1.29, 1.82) is 0 Å². The van der Waals surface area contributed by atoms with Crippen LogP contribution in [0.25, 0.3) is 10.8 Å². The number of hydrogen-bond acceptors (Lipinski definition) is 2. The fourth-order valence-electron chi connectivity index (χ4n) is 1.62. The molecule has 0 aromatic heterocycles. The van der Waals surface area contributed by atoms with Gasteiger partial charge in [-0.15, -0.1) is 0 Å². The number of Topliss-reactive ketones (excluding diaryl/α,β-unsaturated/α-hetero) is 1. The quantitative estimate of drug-likeness (QED) is 0.723. The second-order valence-electron chi connectivity index (χ2n) is 3.60. The lowest BCUT2D eigenvalue weighted by atomic mass is 10.0. The third kappa shape index (κ3) is 1.76. The van der Waals surface area contributed by atoms with Crippen molar-refractivity contribution in [3.8, 4) is 5.75 Å². The lowest BCUT2D eigenvalue weighted by Gasteiger charge is -2.05. The van der Waals surface area contributed by atoms with Gasteiger partial charge in [0.05, 0.1) is 7.11 Å². The van der Waals surface area contributed by atoms with Crippen LogP contribution in [0, 0.1) is 5.82 Å². The fourth-order valence-corrected chi connectivity index (χ4v) is 1.62. The van der Waals surface area contributed by atoms with Gasteiger partial charge in [0, 0.05) is 10.9 Å². The molecule has 0 bridgehead atoms. The Labute approximate surface area is 92.6 Å². The van der Waals surface area contributed by atoms with Crippen molar-refractivity contribution >= 4 is 16.6 Å². The highest BCUT2D eigenvalue weighted by atomic mass is 19.1. The molecule has 0 atom stereocenters. The Morgan fingerprint density at radius 1 is 1.25 bits per heavy atom. The Hall–Kier alpha value is -1.90. The van der Waals surface area contributed by atoms with Crippen LogP contribution in [0.2, 0.25) is 0 Å². The van der Waals surface area contributed by atoms with E-state index < -0.39 is 5.82 Å². The molecule has 2 nitrogen and oxygen atoms in total. The Bertz CT molecular complexity index is 561. The maximum atomic E-state index is 13.7. The van der Waals surface area contributed by atoms with Crippen LogP contribution in [0.4, 0.5) is 4.39 Å². The second-order valence-corrected chi connectivity index (χ2v) is 3.60. The number of hydrogen-bond donors (Lipinski definition) is 0. The second kappa shape index (κ2) is 3.93. The van der Waals surface area contributed by atoms with E-state index in [1.165, 1.54) is 20.1 Å². The van der Waals surface area contributed by atoms with E-state index in [0.29, 0.717) is 22.1 Å². The van der Waals surface area contributed by atoms with Gasteiger partial charge < -0.3 is 4.74 Å². The molecule has 0 aliphatic rings. The Morgan fingerprint density at radius 2 is 2.00 bits per heavy atom. The third-order valence-electron chi connectivity index (χ3n) is 2.52. The van der Waals surface area contributed by atoms with Gasteiger partial charge >= 0.3 is 0 Å². The molecule has 0 aliphatic heterocycles. The average Bonchev–Trinajstić information content (AvgIpc) is 2.28. The number of halogens is 1. The summed E-state index contributed by atoms with van der Waals surface area (Å²) in [6, 6.07) is 8.04. The molecule has 16 heavy (non-hydrogen) atoms. The number of rotatable bonds is 2. The molecule has 2 aromatic rings. The van der Waals surface area contributed by atoms with E-state index in [1.54, 1.807) is 24.3 Å². The number of carbonyl (C=O) groups is 1. The fraction of sp³-hybridized carbons (Fsp3) is 0.154. The predicted molar refractivity (Wildman–Crippen MR) is 60.5 cm³/mol. The number of ketones is 1. The summed E-state index contributed by atoms with van der Waals surface area (Å²) in [5, 5.41) is 1.16. The van der Waals surface area contributed by atoms with Crippen molar-refractivity contribution in [2.45, 2.75) is 6.92 Å². The zero-order chi connectivity index (χ0) is 11.7. The number of benzene rings is 2. The summed E-state index contributed by atoms with van der Waals surface area (Å²) in [6.07, 6.45) is 0. The van der Waals surface area contributed by atoms with E-state index in [1.807, 2.05) is 0 Å². The minimum absolute atomic E-state index is 0.142. The summed E-state index contributed by atoms with van der Waals surface area (Å²) in [5.74, 6) is 0.0557. The molecule has 82 valence electrons. The van der Waals surface area contributed by atoms with Gasteiger partial charge in [0.1, 0.15) is 11.6 Å². The minimum atomic E-state index is -0.401. The van der Waals surface area contributed by atoms with Crippen LogP contribution in [0.15, 0.2) is 30.3 Å². The molecule has 2 aromatic carbocycles. The van der Waals surface area contributed by atoms with Crippen molar-refractivity contribution in [3.05, 3.63) is 41.7 Å². The normalized spacial score (nSPS) is 10.4. The van der Waals surface area contributed by atoms with Crippen molar-refractivity contribution in [1.82, 2.24) is 0 Å². The number of carbonyl (C=O) groups excluding carboxylic acids is 1. The molecule has 0 radical (unpaired) electrons. The first kappa shape index (κ1) is 10.6. The Balaban J connectivity index is 2.71. The summed E-state index contributed by atoms with van der Waals surface area (Å²) in [4.78, 5) is 11.2. The highest BCUT2D eigenvalue weighted by Gasteiger charge is 2.07. The topological polar surface area (TPSA) is 26.3 Å². The van der Waals surface area contributed by atoms with Crippen LogP contribution in [-0.2, 0) is 0 Å². The maximum absolute atomic E-state index is 13.7. The molecular formula is C13H11FO2. The number of fused-ring (bicyclic) bond motifs is 1. The van der Waals surface area contributed by atoms with Crippen molar-refractivity contribution in [3.63, 3.8) is 0 Å². The number of methoxy groups -OCH3 is 1. The van der Waals surface area contributed by atoms with E-state index in [0.717, 1.165) is 0 Å². The van der Waals surface area contributed by atoms with Crippen LogP contribution in [-0.4, -0.2) is 12.9 Å². The van der Waals surface area contributed by atoms with Gasteiger partial charge in [0.15, 0.2) is 5.78 Å². The first-order valence-corrected chi connectivity index (χ1v) is 4.90. The van der Waals surface area contributed by atoms with Gasteiger partial charge in [-0.1, -0.05) is 6.07 Å². The zero-order valence-corrected chi connectivity index (χ0v) is 9.08. The summed E-state index contributed by atoms with van der Waals surface area (Å²) in [7, 11) is 1.53. The van der Waals surface area contributed by atoms with E-state index in [2.05, 4.69) is 0 Å².